The Morgan fingerprint density at radius 1 is 1.21 bits per heavy atom. The molecule has 1 fully saturated rings. The van der Waals surface area contributed by atoms with Gasteiger partial charge in [-0.1, -0.05) is 36.0 Å². The maximum Gasteiger partial charge on any atom is 0.326 e. The number of ether oxygens (including phenoxy) is 1. The predicted octanol–water partition coefficient (Wildman–Crippen LogP) is 3.12. The van der Waals surface area contributed by atoms with Gasteiger partial charge in [0.2, 0.25) is 0 Å². The summed E-state index contributed by atoms with van der Waals surface area (Å²) in [6, 6.07) is 13.8. The normalized spacial score (nSPS) is 17.7. The van der Waals surface area contributed by atoms with E-state index in [0.717, 1.165) is 29.6 Å². The third-order valence-corrected chi connectivity index (χ3v) is 5.64. The first-order valence-corrected chi connectivity index (χ1v) is 9.93. The van der Waals surface area contributed by atoms with Crippen LogP contribution in [0.25, 0.3) is 0 Å². The summed E-state index contributed by atoms with van der Waals surface area (Å²) in [5.74, 6) is 0.979. The second kappa shape index (κ2) is 7.93. The first kappa shape index (κ1) is 18.4. The zero-order valence-corrected chi connectivity index (χ0v) is 16.2. The number of amidine groups is 1. The Hall–Kier alpha value is -3.00. The van der Waals surface area contributed by atoms with Crippen LogP contribution >= 0.6 is 11.8 Å². The highest BCUT2D eigenvalue weighted by atomic mass is 32.2. The molecule has 2 aliphatic rings. The molecule has 8 heteroatoms. The Labute approximate surface area is 167 Å². The molecule has 2 aromatic carbocycles. The van der Waals surface area contributed by atoms with Crippen molar-refractivity contribution in [2.75, 3.05) is 31.3 Å². The van der Waals surface area contributed by atoms with E-state index >= 15 is 0 Å². The van der Waals surface area contributed by atoms with E-state index in [2.05, 4.69) is 15.5 Å². The smallest absolute Gasteiger partial charge is 0.326 e. The van der Waals surface area contributed by atoms with Crippen LogP contribution in [0.3, 0.4) is 0 Å². The molecule has 2 aliphatic heterocycles. The Kier molecular flexibility index (Phi) is 5.21. The van der Waals surface area contributed by atoms with Crippen LogP contribution in [-0.4, -0.2) is 48.0 Å². The number of fused-ring (bicyclic) bond motifs is 1. The average Bonchev–Trinajstić information content (AvgIpc) is 3.30. The van der Waals surface area contributed by atoms with E-state index in [1.807, 2.05) is 18.2 Å². The van der Waals surface area contributed by atoms with Gasteiger partial charge in [-0.3, -0.25) is 15.1 Å². The number of imide groups is 1. The number of nitrogens with zero attached hydrogens (tertiary/aromatic N) is 2. The molecule has 7 nitrogen and oxygen atoms in total. The van der Waals surface area contributed by atoms with Crippen LogP contribution < -0.4 is 15.4 Å². The van der Waals surface area contributed by atoms with Crippen LogP contribution in [0, 0.1) is 0 Å². The van der Waals surface area contributed by atoms with Gasteiger partial charge in [-0.15, -0.1) is 0 Å². The monoisotopic (exact) mass is 396 g/mol. The number of methoxy groups -OCH3 is 1. The van der Waals surface area contributed by atoms with E-state index in [4.69, 9.17) is 9.73 Å². The zero-order valence-electron chi connectivity index (χ0n) is 15.3. The Morgan fingerprint density at radius 2 is 2.07 bits per heavy atom. The van der Waals surface area contributed by atoms with Crippen LogP contribution in [0.4, 0.5) is 10.5 Å². The molecular formula is C20H20N4O3S. The number of hydrogen-bond donors (Lipinski definition) is 2. The molecule has 0 saturated carbocycles. The summed E-state index contributed by atoms with van der Waals surface area (Å²) >= 11 is 1.78. The van der Waals surface area contributed by atoms with Crippen molar-refractivity contribution < 1.29 is 14.3 Å². The first-order chi connectivity index (χ1) is 13.6. The summed E-state index contributed by atoms with van der Waals surface area (Å²) in [7, 11) is 1.48. The lowest BCUT2D eigenvalue weighted by Gasteiger charge is -2.14. The van der Waals surface area contributed by atoms with Gasteiger partial charge in [0.25, 0.3) is 5.91 Å². The lowest BCUT2D eigenvalue weighted by molar-refractivity contribution is 0.0964. The highest BCUT2D eigenvalue weighted by Gasteiger charge is 2.30. The highest BCUT2D eigenvalue weighted by molar-refractivity contribution is 8.14. The van der Waals surface area contributed by atoms with Crippen molar-refractivity contribution >= 4 is 34.6 Å². The highest BCUT2D eigenvalue weighted by Crippen LogP contribution is 2.33. The maximum atomic E-state index is 12.3. The van der Waals surface area contributed by atoms with E-state index in [1.54, 1.807) is 42.1 Å². The van der Waals surface area contributed by atoms with Gasteiger partial charge in [-0.2, -0.15) is 0 Å². The van der Waals surface area contributed by atoms with Crippen molar-refractivity contribution in [1.29, 1.82) is 0 Å². The zero-order chi connectivity index (χ0) is 19.5. The second-order valence-electron chi connectivity index (χ2n) is 6.46. The van der Waals surface area contributed by atoms with Crippen LogP contribution in [0.2, 0.25) is 0 Å². The summed E-state index contributed by atoms with van der Waals surface area (Å²) in [6.45, 7) is 1.90. The second-order valence-corrected chi connectivity index (χ2v) is 7.52. The molecule has 28 heavy (non-hydrogen) atoms. The number of carbonyl (C=O) groups is 2. The molecule has 2 heterocycles. The van der Waals surface area contributed by atoms with Crippen molar-refractivity contribution in [3.8, 4) is 5.75 Å². The minimum absolute atomic E-state index is 0.0721. The number of anilines is 1. The lowest BCUT2D eigenvalue weighted by atomic mass is 10.1. The predicted molar refractivity (Wildman–Crippen MR) is 110 cm³/mol. The Morgan fingerprint density at radius 3 is 2.89 bits per heavy atom. The van der Waals surface area contributed by atoms with Crippen molar-refractivity contribution in [2.45, 2.75) is 6.04 Å². The van der Waals surface area contributed by atoms with Gasteiger partial charge < -0.3 is 15.0 Å². The molecule has 0 unspecified atom stereocenters. The van der Waals surface area contributed by atoms with Crippen LogP contribution in [0.5, 0.6) is 5.75 Å². The first-order valence-electron chi connectivity index (χ1n) is 8.95. The van der Waals surface area contributed by atoms with Crippen LogP contribution in [-0.2, 0) is 0 Å². The number of thioether (sulfide) groups is 1. The van der Waals surface area contributed by atoms with E-state index in [1.165, 1.54) is 7.11 Å². The molecule has 144 valence electrons. The van der Waals surface area contributed by atoms with E-state index in [-0.39, 0.29) is 6.04 Å². The molecule has 3 amide bonds. The molecule has 0 aliphatic carbocycles. The summed E-state index contributed by atoms with van der Waals surface area (Å²) in [6.07, 6.45) is 0. The van der Waals surface area contributed by atoms with E-state index < -0.39 is 11.9 Å². The molecule has 0 spiro atoms. The Bertz CT molecular complexity index is 947. The SMILES string of the molecule is COc1ccccc1C(=O)NC(=O)Nc1cccc([C@H]2CN3CCSC3=N2)c1. The largest absolute Gasteiger partial charge is 0.496 e. The topological polar surface area (TPSA) is 83.0 Å². The Balaban J connectivity index is 1.41. The van der Waals surface area contributed by atoms with E-state index in [0.29, 0.717) is 17.0 Å². The van der Waals surface area contributed by atoms with E-state index in [9.17, 15) is 9.59 Å². The quantitative estimate of drug-likeness (QED) is 0.830. The molecule has 0 radical (unpaired) electrons. The van der Waals surface area contributed by atoms with Crippen molar-refractivity contribution in [2.24, 2.45) is 4.99 Å². The molecule has 1 atom stereocenters. The van der Waals surface area contributed by atoms with Gasteiger partial charge in [-0.05, 0) is 29.8 Å². The minimum atomic E-state index is -0.595. The fourth-order valence-electron chi connectivity index (χ4n) is 3.27. The number of carbonyl (C=O) groups excluding carboxylic acids is 2. The third kappa shape index (κ3) is 3.82. The van der Waals surface area contributed by atoms with Crippen LogP contribution in [0.15, 0.2) is 53.5 Å². The molecule has 0 bridgehead atoms. The van der Waals surface area contributed by atoms with Gasteiger partial charge in [0, 0.05) is 24.5 Å². The van der Waals surface area contributed by atoms with Gasteiger partial charge in [-0.25, -0.2) is 4.79 Å². The molecule has 1 saturated heterocycles. The number of aliphatic imine (C=N–C) groups is 1. The number of benzene rings is 2. The summed E-state index contributed by atoms with van der Waals surface area (Å²) in [4.78, 5) is 31.6. The number of rotatable bonds is 4. The van der Waals surface area contributed by atoms with Gasteiger partial charge in [0.05, 0.1) is 18.7 Å². The average molecular weight is 396 g/mol. The summed E-state index contributed by atoms with van der Waals surface area (Å²) in [5, 5.41) is 6.15. The molecular weight excluding hydrogens is 376 g/mol. The number of hydrogen-bond acceptors (Lipinski definition) is 6. The van der Waals surface area contributed by atoms with Crippen molar-refractivity contribution in [3.05, 3.63) is 59.7 Å². The number of para-hydroxylation sites is 1. The maximum absolute atomic E-state index is 12.3. The fraction of sp³-hybridized carbons (Fsp3) is 0.250. The molecule has 0 aromatic heterocycles. The fourth-order valence-corrected chi connectivity index (χ4v) is 4.32. The number of urea groups is 1. The minimum Gasteiger partial charge on any atom is -0.496 e. The third-order valence-electron chi connectivity index (χ3n) is 4.63. The summed E-state index contributed by atoms with van der Waals surface area (Å²) < 4.78 is 5.16. The van der Waals surface area contributed by atoms with Gasteiger partial charge in [0.1, 0.15) is 5.75 Å². The van der Waals surface area contributed by atoms with Crippen molar-refractivity contribution in [3.63, 3.8) is 0 Å². The lowest BCUT2D eigenvalue weighted by Crippen LogP contribution is -2.34. The molecule has 4 rings (SSSR count). The van der Waals surface area contributed by atoms with Gasteiger partial charge in [0.15, 0.2) is 5.17 Å². The van der Waals surface area contributed by atoms with Gasteiger partial charge >= 0.3 is 6.03 Å². The molecule has 2 N–H and O–H groups in total. The standard InChI is InChI=1S/C20H20N4O3S/c1-27-17-8-3-2-7-15(17)18(25)23-19(26)21-14-6-4-5-13(11-14)16-12-24-9-10-28-20(24)22-16/h2-8,11,16H,9-10,12H2,1H3,(H2,21,23,25,26)/t16-/m1/s1. The van der Waals surface area contributed by atoms with Crippen LogP contribution in [0.1, 0.15) is 22.0 Å². The number of amides is 3. The van der Waals surface area contributed by atoms with Crippen molar-refractivity contribution in [1.82, 2.24) is 10.2 Å². The number of nitrogens with one attached hydrogen (secondary N) is 2. The molecule has 2 aromatic rings. The summed E-state index contributed by atoms with van der Waals surface area (Å²) in [5.41, 5.74) is 1.95.